The summed E-state index contributed by atoms with van der Waals surface area (Å²) in [4.78, 5) is 16.6. The number of oxazole rings is 1. The van der Waals surface area contributed by atoms with Gasteiger partial charge in [0.25, 0.3) is 5.91 Å². The Morgan fingerprint density at radius 2 is 1.75 bits per heavy atom. The van der Waals surface area contributed by atoms with Crippen molar-refractivity contribution in [2.75, 3.05) is 13.2 Å². The summed E-state index contributed by atoms with van der Waals surface area (Å²) in [7, 11) is -4.06. The van der Waals surface area contributed by atoms with Crippen LogP contribution in [0.25, 0.3) is 22.6 Å². The average Bonchev–Trinajstić information content (AvgIpc) is 3.18. The summed E-state index contributed by atoms with van der Waals surface area (Å²) in [5.74, 6) is -0.571. The first kappa shape index (κ1) is 18.6. The number of hydroxylamine groups is 1. The standard InChI is InChI=1S/C19H18N2O6S/c22-18(21-23)19(9-11-26-12-10-19)28(24,25)14-7-5-13(6-8-14)17-20-15-3-1-2-4-16(15)27-17/h1-8,23H,9-12H2,(H,21,22). The molecule has 1 aliphatic rings. The molecule has 0 spiro atoms. The van der Waals surface area contributed by atoms with Gasteiger partial charge in [0.2, 0.25) is 5.89 Å². The van der Waals surface area contributed by atoms with E-state index in [9.17, 15) is 13.2 Å². The molecule has 2 heterocycles. The minimum absolute atomic E-state index is 0.0159. The van der Waals surface area contributed by atoms with E-state index in [1.54, 1.807) is 18.2 Å². The van der Waals surface area contributed by atoms with Crippen molar-refractivity contribution >= 4 is 26.8 Å². The van der Waals surface area contributed by atoms with Crippen molar-refractivity contribution < 1.29 is 27.6 Å². The fourth-order valence-electron chi connectivity index (χ4n) is 3.42. The second-order valence-corrected chi connectivity index (χ2v) is 8.82. The topological polar surface area (TPSA) is 119 Å². The maximum Gasteiger partial charge on any atom is 0.265 e. The Morgan fingerprint density at radius 3 is 2.39 bits per heavy atom. The molecule has 0 radical (unpaired) electrons. The van der Waals surface area contributed by atoms with E-state index >= 15 is 0 Å². The zero-order valence-corrected chi connectivity index (χ0v) is 15.6. The van der Waals surface area contributed by atoms with Crippen LogP contribution in [-0.2, 0) is 19.4 Å². The highest BCUT2D eigenvalue weighted by Crippen LogP contribution is 2.36. The van der Waals surface area contributed by atoms with Gasteiger partial charge >= 0.3 is 0 Å². The van der Waals surface area contributed by atoms with Crippen molar-refractivity contribution in [3.05, 3.63) is 48.5 Å². The third-order valence-electron chi connectivity index (χ3n) is 5.04. The molecular weight excluding hydrogens is 384 g/mol. The minimum Gasteiger partial charge on any atom is -0.436 e. The Balaban J connectivity index is 1.71. The molecule has 4 rings (SSSR count). The number of carbonyl (C=O) groups is 1. The maximum absolute atomic E-state index is 13.2. The molecule has 0 bridgehead atoms. The summed E-state index contributed by atoms with van der Waals surface area (Å²) >= 11 is 0. The highest BCUT2D eigenvalue weighted by Gasteiger charge is 2.52. The first-order chi connectivity index (χ1) is 13.5. The molecule has 1 aliphatic heterocycles. The van der Waals surface area contributed by atoms with Crippen LogP contribution >= 0.6 is 0 Å². The van der Waals surface area contributed by atoms with Gasteiger partial charge in [-0.15, -0.1) is 0 Å². The number of aromatic nitrogens is 1. The number of hydrogen-bond donors (Lipinski definition) is 2. The third kappa shape index (κ3) is 2.88. The summed E-state index contributed by atoms with van der Waals surface area (Å²) in [5, 5.41) is 9.10. The normalized spacial score (nSPS) is 16.8. The van der Waals surface area contributed by atoms with Gasteiger partial charge < -0.3 is 9.15 Å². The van der Waals surface area contributed by atoms with Crippen LogP contribution in [0.5, 0.6) is 0 Å². The smallest absolute Gasteiger partial charge is 0.265 e. The number of hydrogen-bond acceptors (Lipinski definition) is 7. The van der Waals surface area contributed by atoms with Crippen LogP contribution in [0.3, 0.4) is 0 Å². The summed E-state index contributed by atoms with van der Waals surface area (Å²) in [6.45, 7) is 0.237. The van der Waals surface area contributed by atoms with Gasteiger partial charge in [-0.3, -0.25) is 10.0 Å². The van der Waals surface area contributed by atoms with Crippen LogP contribution in [0.1, 0.15) is 12.8 Å². The number of para-hydroxylation sites is 2. The fraction of sp³-hybridized carbons (Fsp3) is 0.263. The fourth-order valence-corrected chi connectivity index (χ4v) is 5.36. The number of nitrogens with zero attached hydrogens (tertiary/aromatic N) is 1. The summed E-state index contributed by atoms with van der Waals surface area (Å²) in [6.07, 6.45) is -0.0663. The third-order valence-corrected chi connectivity index (χ3v) is 7.55. The second kappa shape index (κ2) is 7.01. The van der Waals surface area contributed by atoms with Crippen molar-refractivity contribution in [1.82, 2.24) is 10.5 Å². The highest BCUT2D eigenvalue weighted by molar-refractivity contribution is 7.93. The number of nitrogens with one attached hydrogen (secondary N) is 1. The molecule has 1 aromatic heterocycles. The van der Waals surface area contributed by atoms with Crippen molar-refractivity contribution in [3.63, 3.8) is 0 Å². The molecule has 9 heteroatoms. The van der Waals surface area contributed by atoms with Gasteiger partial charge in [-0.25, -0.2) is 18.9 Å². The highest BCUT2D eigenvalue weighted by atomic mass is 32.2. The first-order valence-electron chi connectivity index (χ1n) is 8.71. The summed E-state index contributed by atoms with van der Waals surface area (Å²) in [6, 6.07) is 13.3. The zero-order valence-electron chi connectivity index (χ0n) is 14.8. The molecule has 2 N–H and O–H groups in total. The van der Waals surface area contributed by atoms with E-state index in [0.29, 0.717) is 22.6 Å². The molecule has 2 aromatic carbocycles. The predicted octanol–water partition coefficient (Wildman–Crippen LogP) is 2.32. The Hall–Kier alpha value is -2.75. The Morgan fingerprint density at radius 1 is 1.07 bits per heavy atom. The predicted molar refractivity (Wildman–Crippen MR) is 99.3 cm³/mol. The molecule has 1 fully saturated rings. The zero-order chi connectivity index (χ0) is 19.8. The van der Waals surface area contributed by atoms with E-state index in [2.05, 4.69) is 4.98 Å². The number of fused-ring (bicyclic) bond motifs is 1. The van der Waals surface area contributed by atoms with Crippen molar-refractivity contribution in [3.8, 4) is 11.5 Å². The quantitative estimate of drug-likeness (QED) is 0.508. The molecule has 0 atom stereocenters. The van der Waals surface area contributed by atoms with Gasteiger partial charge in [-0.05, 0) is 49.2 Å². The lowest BCUT2D eigenvalue weighted by atomic mass is 9.98. The number of amides is 1. The van der Waals surface area contributed by atoms with Gasteiger partial charge in [-0.2, -0.15) is 0 Å². The molecule has 28 heavy (non-hydrogen) atoms. The van der Waals surface area contributed by atoms with E-state index in [0.717, 1.165) is 0 Å². The Labute approximate surface area is 161 Å². The summed E-state index contributed by atoms with van der Waals surface area (Å²) in [5.41, 5.74) is 3.46. The monoisotopic (exact) mass is 402 g/mol. The molecule has 0 aliphatic carbocycles. The molecule has 146 valence electrons. The largest absolute Gasteiger partial charge is 0.436 e. The van der Waals surface area contributed by atoms with E-state index in [4.69, 9.17) is 14.4 Å². The lowest BCUT2D eigenvalue weighted by Crippen LogP contribution is -2.54. The number of sulfone groups is 1. The number of carbonyl (C=O) groups excluding carboxylic acids is 1. The molecule has 8 nitrogen and oxygen atoms in total. The van der Waals surface area contributed by atoms with Gasteiger partial charge in [-0.1, -0.05) is 12.1 Å². The van der Waals surface area contributed by atoms with E-state index < -0.39 is 20.5 Å². The van der Waals surface area contributed by atoms with Crippen LogP contribution < -0.4 is 5.48 Å². The lowest BCUT2D eigenvalue weighted by Gasteiger charge is -2.34. The van der Waals surface area contributed by atoms with E-state index in [1.807, 2.05) is 18.2 Å². The van der Waals surface area contributed by atoms with Crippen molar-refractivity contribution in [2.45, 2.75) is 22.5 Å². The van der Waals surface area contributed by atoms with Crippen LogP contribution in [-0.4, -0.2) is 42.5 Å². The van der Waals surface area contributed by atoms with E-state index in [-0.39, 0.29) is 31.0 Å². The van der Waals surface area contributed by atoms with Crippen LogP contribution in [0, 0.1) is 0 Å². The van der Waals surface area contributed by atoms with Gasteiger partial charge in [0, 0.05) is 18.8 Å². The molecule has 1 saturated heterocycles. The average molecular weight is 402 g/mol. The number of benzene rings is 2. The molecule has 3 aromatic rings. The minimum atomic E-state index is -4.06. The molecular formula is C19H18N2O6S. The molecule has 1 amide bonds. The number of ether oxygens (including phenoxy) is 1. The van der Waals surface area contributed by atoms with Gasteiger partial charge in [0.1, 0.15) is 5.52 Å². The SMILES string of the molecule is O=C(NO)C1(S(=O)(=O)c2ccc(-c3nc4ccccc4o3)cc2)CCOCC1. The Kier molecular flexibility index (Phi) is 4.66. The van der Waals surface area contributed by atoms with Crippen molar-refractivity contribution in [1.29, 1.82) is 0 Å². The van der Waals surface area contributed by atoms with Gasteiger partial charge in [0.05, 0.1) is 4.90 Å². The van der Waals surface area contributed by atoms with Crippen LogP contribution in [0.15, 0.2) is 57.8 Å². The Bertz CT molecular complexity index is 1080. The molecule has 0 saturated carbocycles. The van der Waals surface area contributed by atoms with Gasteiger partial charge in [0.15, 0.2) is 20.2 Å². The van der Waals surface area contributed by atoms with Crippen molar-refractivity contribution in [2.24, 2.45) is 0 Å². The second-order valence-electron chi connectivity index (χ2n) is 6.56. The first-order valence-corrected chi connectivity index (χ1v) is 10.2. The van der Waals surface area contributed by atoms with Crippen LogP contribution in [0.4, 0.5) is 0 Å². The van der Waals surface area contributed by atoms with E-state index in [1.165, 1.54) is 17.6 Å². The summed E-state index contributed by atoms with van der Waals surface area (Å²) < 4.78 is 35.6. The number of rotatable bonds is 4. The molecule has 0 unspecified atom stereocenters. The maximum atomic E-state index is 13.2. The van der Waals surface area contributed by atoms with Crippen LogP contribution in [0.2, 0.25) is 0 Å². The lowest BCUT2D eigenvalue weighted by molar-refractivity contribution is -0.134.